The molecule has 3 nitrogen and oxygen atoms in total. The molecule has 0 aliphatic rings. The van der Waals surface area contributed by atoms with Crippen molar-refractivity contribution in [2.24, 2.45) is 0 Å². The molecule has 0 fully saturated rings. The van der Waals surface area contributed by atoms with Gasteiger partial charge in [0.25, 0.3) is 0 Å². The van der Waals surface area contributed by atoms with E-state index >= 15 is 0 Å². The highest BCUT2D eigenvalue weighted by Gasteiger charge is 2.05. The molecule has 5 heteroatoms. The highest BCUT2D eigenvalue weighted by molar-refractivity contribution is 7.16. The average Bonchev–Trinajstić information content (AvgIpc) is 2.99. The van der Waals surface area contributed by atoms with Gasteiger partial charge in [0.05, 0.1) is 12.5 Å². The molecule has 0 saturated carbocycles. The van der Waals surface area contributed by atoms with E-state index in [-0.39, 0.29) is 11.7 Å². The molecule has 1 amide bonds. The Hall–Kier alpha value is -2.45. The lowest BCUT2D eigenvalue weighted by Crippen LogP contribution is -2.25. The number of carbonyl (C=O) groups is 1. The monoisotopic (exact) mass is 314 g/mol. The van der Waals surface area contributed by atoms with Crippen LogP contribution in [0.1, 0.15) is 11.3 Å². The molecule has 0 saturated heterocycles. The smallest absolute Gasteiger partial charge is 0.246 e. The number of hydrogen-bond acceptors (Lipinski definition) is 3. The lowest BCUT2D eigenvalue weighted by molar-refractivity contribution is -0.124. The second-order valence-electron chi connectivity index (χ2n) is 4.71. The van der Waals surface area contributed by atoms with Crippen LogP contribution in [0.2, 0.25) is 0 Å². The maximum absolute atomic E-state index is 12.9. The van der Waals surface area contributed by atoms with Gasteiger partial charge in [0.2, 0.25) is 5.91 Å². The van der Waals surface area contributed by atoms with Gasteiger partial charge in [0.15, 0.2) is 0 Å². The first-order valence-electron chi connectivity index (χ1n) is 6.76. The fraction of sp³-hybridized carbons (Fsp3) is 0.176. The van der Waals surface area contributed by atoms with Gasteiger partial charge in [-0.15, -0.1) is 11.3 Å². The van der Waals surface area contributed by atoms with Gasteiger partial charge in [0.1, 0.15) is 5.82 Å². The minimum Gasteiger partial charge on any atom is -0.341 e. The Morgan fingerprint density at radius 1 is 1.32 bits per heavy atom. The van der Waals surface area contributed by atoms with E-state index in [1.807, 2.05) is 18.2 Å². The van der Waals surface area contributed by atoms with Crippen molar-refractivity contribution in [1.29, 1.82) is 5.26 Å². The molecule has 0 bridgehead atoms. The highest BCUT2D eigenvalue weighted by Crippen LogP contribution is 2.28. The Bertz CT molecular complexity index is 713. The number of likely N-dealkylation sites (N-methyl/N-ethyl adjacent to an activating group) is 1. The summed E-state index contributed by atoms with van der Waals surface area (Å²) in [5.74, 6) is -0.390. The molecular weight excluding hydrogens is 299 g/mol. The first-order chi connectivity index (χ1) is 10.6. The molecule has 0 N–H and O–H groups in total. The second kappa shape index (κ2) is 7.53. The predicted molar refractivity (Wildman–Crippen MR) is 86.6 cm³/mol. The third kappa shape index (κ3) is 4.27. The van der Waals surface area contributed by atoms with Crippen LogP contribution in [0.5, 0.6) is 0 Å². The molecule has 2 rings (SSSR count). The number of thiophene rings is 1. The number of benzene rings is 1. The quantitative estimate of drug-likeness (QED) is 0.785. The SMILES string of the molecule is CN(CCC#N)C(=O)/C=C/c1ccc(-c2ccc(F)cc2)s1. The summed E-state index contributed by atoms with van der Waals surface area (Å²) in [6, 6.07) is 12.2. The number of nitriles is 1. The summed E-state index contributed by atoms with van der Waals surface area (Å²) >= 11 is 1.53. The zero-order valence-electron chi connectivity index (χ0n) is 12.1. The van der Waals surface area contributed by atoms with Crippen molar-refractivity contribution in [3.05, 3.63) is 53.2 Å². The van der Waals surface area contributed by atoms with Gasteiger partial charge in [-0.1, -0.05) is 12.1 Å². The summed E-state index contributed by atoms with van der Waals surface area (Å²) in [6.45, 7) is 0.422. The number of carbonyl (C=O) groups excluding carboxylic acids is 1. The summed E-state index contributed by atoms with van der Waals surface area (Å²) < 4.78 is 12.9. The number of amides is 1. The summed E-state index contributed by atoms with van der Waals surface area (Å²) in [7, 11) is 1.67. The van der Waals surface area contributed by atoms with Gasteiger partial charge in [-0.25, -0.2) is 4.39 Å². The minimum absolute atomic E-state index is 0.132. The molecule has 2 aromatic rings. The van der Waals surface area contributed by atoms with Gasteiger partial charge in [-0.05, 0) is 35.9 Å². The number of hydrogen-bond donors (Lipinski definition) is 0. The average molecular weight is 314 g/mol. The van der Waals surface area contributed by atoms with Crippen molar-refractivity contribution in [3.8, 4) is 16.5 Å². The van der Waals surface area contributed by atoms with Gasteiger partial charge in [0, 0.05) is 29.4 Å². The molecule has 0 radical (unpaired) electrons. The van der Waals surface area contributed by atoms with Crippen LogP contribution in [0.4, 0.5) is 4.39 Å². The molecule has 0 unspecified atom stereocenters. The van der Waals surface area contributed by atoms with Crippen molar-refractivity contribution < 1.29 is 9.18 Å². The van der Waals surface area contributed by atoms with E-state index in [4.69, 9.17) is 5.26 Å². The zero-order chi connectivity index (χ0) is 15.9. The van der Waals surface area contributed by atoms with E-state index in [0.717, 1.165) is 15.3 Å². The lowest BCUT2D eigenvalue weighted by atomic mass is 10.2. The zero-order valence-corrected chi connectivity index (χ0v) is 12.9. The van der Waals surface area contributed by atoms with Crippen LogP contribution < -0.4 is 0 Å². The van der Waals surface area contributed by atoms with Gasteiger partial charge >= 0.3 is 0 Å². The Morgan fingerprint density at radius 2 is 2.05 bits per heavy atom. The number of nitrogens with zero attached hydrogens (tertiary/aromatic N) is 2. The van der Waals surface area contributed by atoms with Gasteiger partial charge < -0.3 is 4.90 Å². The maximum Gasteiger partial charge on any atom is 0.246 e. The Labute approximate surface area is 132 Å². The molecule has 22 heavy (non-hydrogen) atoms. The second-order valence-corrected chi connectivity index (χ2v) is 5.83. The van der Waals surface area contributed by atoms with Crippen LogP contribution in [-0.2, 0) is 4.79 Å². The predicted octanol–water partition coefficient (Wildman–Crippen LogP) is 3.94. The molecular formula is C17H15FN2OS. The molecule has 1 heterocycles. The lowest BCUT2D eigenvalue weighted by Gasteiger charge is -2.11. The Balaban J connectivity index is 2.03. The normalized spacial score (nSPS) is 10.6. The summed E-state index contributed by atoms with van der Waals surface area (Å²) in [4.78, 5) is 15.3. The largest absolute Gasteiger partial charge is 0.341 e. The summed E-state index contributed by atoms with van der Waals surface area (Å²) in [5.41, 5.74) is 0.948. The third-order valence-electron chi connectivity index (χ3n) is 3.08. The maximum atomic E-state index is 12.9. The highest BCUT2D eigenvalue weighted by atomic mass is 32.1. The minimum atomic E-state index is -0.258. The number of halogens is 1. The van der Waals surface area contributed by atoms with E-state index in [1.54, 1.807) is 25.3 Å². The molecule has 0 atom stereocenters. The number of rotatable bonds is 5. The summed E-state index contributed by atoms with van der Waals surface area (Å²) in [5, 5.41) is 8.51. The first-order valence-corrected chi connectivity index (χ1v) is 7.57. The molecule has 0 spiro atoms. The van der Waals surface area contributed by atoms with E-state index in [2.05, 4.69) is 0 Å². The summed E-state index contributed by atoms with van der Waals surface area (Å²) in [6.07, 6.45) is 3.57. The van der Waals surface area contributed by atoms with Crippen molar-refractivity contribution in [2.45, 2.75) is 6.42 Å². The standard InChI is InChI=1S/C17H15FN2OS/c1-20(12-2-11-19)17(21)10-8-15-7-9-16(22-15)13-3-5-14(18)6-4-13/h3-10H,2,12H2,1H3/b10-8+. The van der Waals surface area contributed by atoms with Crippen LogP contribution in [0.3, 0.4) is 0 Å². The first kappa shape index (κ1) is 15.9. The topological polar surface area (TPSA) is 44.1 Å². The fourth-order valence-corrected chi connectivity index (χ4v) is 2.74. The van der Waals surface area contributed by atoms with E-state index in [0.29, 0.717) is 13.0 Å². The van der Waals surface area contributed by atoms with Crippen molar-refractivity contribution >= 4 is 23.3 Å². The van der Waals surface area contributed by atoms with Crippen LogP contribution in [0.15, 0.2) is 42.5 Å². The van der Waals surface area contributed by atoms with Crippen molar-refractivity contribution in [3.63, 3.8) is 0 Å². The Kier molecular flexibility index (Phi) is 5.45. The van der Waals surface area contributed by atoms with Crippen LogP contribution in [0, 0.1) is 17.1 Å². The fourth-order valence-electron chi connectivity index (χ4n) is 1.82. The van der Waals surface area contributed by atoms with E-state index < -0.39 is 0 Å². The molecule has 0 aliphatic carbocycles. The van der Waals surface area contributed by atoms with Crippen LogP contribution in [0.25, 0.3) is 16.5 Å². The van der Waals surface area contributed by atoms with Crippen LogP contribution >= 0.6 is 11.3 Å². The third-order valence-corrected chi connectivity index (χ3v) is 4.18. The molecule has 1 aromatic carbocycles. The molecule has 1 aromatic heterocycles. The van der Waals surface area contributed by atoms with E-state index in [9.17, 15) is 9.18 Å². The Morgan fingerprint density at radius 3 is 2.73 bits per heavy atom. The van der Waals surface area contributed by atoms with Crippen molar-refractivity contribution in [2.75, 3.05) is 13.6 Å². The van der Waals surface area contributed by atoms with Gasteiger partial charge in [-0.2, -0.15) is 5.26 Å². The van der Waals surface area contributed by atoms with Gasteiger partial charge in [-0.3, -0.25) is 4.79 Å². The van der Waals surface area contributed by atoms with Crippen molar-refractivity contribution in [1.82, 2.24) is 4.90 Å². The van der Waals surface area contributed by atoms with E-state index in [1.165, 1.54) is 34.4 Å². The van der Waals surface area contributed by atoms with Crippen LogP contribution in [-0.4, -0.2) is 24.4 Å². The molecule has 0 aliphatic heterocycles. The molecule has 112 valence electrons.